The van der Waals surface area contributed by atoms with Crippen molar-refractivity contribution >= 4 is 23.4 Å². The number of nitrogens with one attached hydrogen (secondary N) is 1. The van der Waals surface area contributed by atoms with E-state index < -0.39 is 6.04 Å². The summed E-state index contributed by atoms with van der Waals surface area (Å²) in [6.07, 6.45) is 0.449. The molecule has 0 saturated heterocycles. The monoisotopic (exact) mass is 379 g/mol. The Labute approximate surface area is 165 Å². The van der Waals surface area contributed by atoms with Gasteiger partial charge in [0, 0.05) is 45.2 Å². The molecule has 1 heterocycles. The molecule has 3 amide bonds. The average Bonchev–Trinajstić information content (AvgIpc) is 2.65. The van der Waals surface area contributed by atoms with Gasteiger partial charge in [-0.3, -0.25) is 14.4 Å². The molecule has 0 aromatic heterocycles. The summed E-state index contributed by atoms with van der Waals surface area (Å²) in [6.45, 7) is 3.67. The van der Waals surface area contributed by atoms with E-state index in [1.807, 2.05) is 43.3 Å². The number of amides is 3. The number of hydrogen-bond donors (Lipinski definition) is 1. The van der Waals surface area contributed by atoms with Crippen LogP contribution in [0.4, 0.5) is 5.69 Å². The Morgan fingerprint density at radius 2 is 1.79 bits per heavy atom. The van der Waals surface area contributed by atoms with Crippen molar-refractivity contribution in [2.24, 2.45) is 0 Å². The zero-order valence-corrected chi connectivity index (χ0v) is 16.7. The van der Waals surface area contributed by atoms with Crippen LogP contribution in [0, 0.1) is 6.92 Å². The summed E-state index contributed by atoms with van der Waals surface area (Å²) in [7, 11) is 3.41. The van der Waals surface area contributed by atoms with E-state index >= 15 is 0 Å². The molecule has 1 N–H and O–H groups in total. The minimum absolute atomic E-state index is 0.0986. The van der Waals surface area contributed by atoms with Gasteiger partial charge in [-0.25, -0.2) is 0 Å². The summed E-state index contributed by atoms with van der Waals surface area (Å²) in [5.74, 6) is -0.406. The number of carbonyl (C=O) groups is 3. The highest BCUT2D eigenvalue weighted by Crippen LogP contribution is 2.28. The fraction of sp³-hybridized carbons (Fsp3) is 0.318. The third-order valence-electron chi connectivity index (χ3n) is 5.02. The van der Waals surface area contributed by atoms with Crippen molar-refractivity contribution in [1.82, 2.24) is 9.80 Å². The minimum Gasteiger partial charge on any atom is -0.347 e. The molecule has 2 aromatic rings. The SMILES string of the molecule is CC(=O)Nc1ccc2c(c1)CN(C(=O)c1ccccc1C)[C@@H](C(=O)N(C)C)C2. The van der Waals surface area contributed by atoms with E-state index in [9.17, 15) is 14.4 Å². The molecule has 6 heteroatoms. The van der Waals surface area contributed by atoms with Gasteiger partial charge in [0.1, 0.15) is 6.04 Å². The van der Waals surface area contributed by atoms with E-state index in [0.29, 0.717) is 24.2 Å². The van der Waals surface area contributed by atoms with Gasteiger partial charge in [-0.2, -0.15) is 0 Å². The Bertz CT molecular complexity index is 936. The standard InChI is InChI=1S/C22H25N3O3/c1-14-7-5-6-8-19(14)21(27)25-13-17-11-18(23-15(2)26)10-9-16(17)12-20(25)22(28)24(3)4/h5-11,20H,12-13H2,1-4H3,(H,23,26)/t20-/m1/s1. The Hall–Kier alpha value is -3.15. The van der Waals surface area contributed by atoms with Gasteiger partial charge in [0.25, 0.3) is 5.91 Å². The average molecular weight is 379 g/mol. The fourth-order valence-corrected chi connectivity index (χ4v) is 3.57. The zero-order valence-electron chi connectivity index (χ0n) is 16.7. The number of benzene rings is 2. The summed E-state index contributed by atoms with van der Waals surface area (Å²) in [6, 6.07) is 12.5. The normalized spacial score (nSPS) is 15.6. The van der Waals surface area contributed by atoms with Gasteiger partial charge in [-0.1, -0.05) is 24.3 Å². The lowest BCUT2D eigenvalue weighted by molar-refractivity contribution is -0.134. The second kappa shape index (κ2) is 7.84. The highest BCUT2D eigenvalue weighted by molar-refractivity contribution is 5.99. The number of hydrogen-bond acceptors (Lipinski definition) is 3. The first-order valence-electron chi connectivity index (χ1n) is 9.25. The molecule has 0 bridgehead atoms. The maximum Gasteiger partial charge on any atom is 0.255 e. The highest BCUT2D eigenvalue weighted by atomic mass is 16.2. The van der Waals surface area contributed by atoms with Crippen LogP contribution in [0.3, 0.4) is 0 Å². The smallest absolute Gasteiger partial charge is 0.255 e. The zero-order chi connectivity index (χ0) is 20.4. The first-order chi connectivity index (χ1) is 13.3. The van der Waals surface area contributed by atoms with Crippen LogP contribution in [0.5, 0.6) is 0 Å². The molecule has 146 valence electrons. The van der Waals surface area contributed by atoms with Crippen molar-refractivity contribution in [3.63, 3.8) is 0 Å². The second-order valence-corrected chi connectivity index (χ2v) is 7.37. The van der Waals surface area contributed by atoms with E-state index in [1.165, 1.54) is 11.8 Å². The summed E-state index contributed by atoms with van der Waals surface area (Å²) in [4.78, 5) is 40.7. The molecule has 2 aromatic carbocycles. The molecule has 3 rings (SSSR count). The molecular formula is C22H25N3O3. The topological polar surface area (TPSA) is 69.7 Å². The van der Waals surface area contributed by atoms with Crippen LogP contribution < -0.4 is 5.32 Å². The largest absolute Gasteiger partial charge is 0.347 e. The van der Waals surface area contributed by atoms with Crippen LogP contribution >= 0.6 is 0 Å². The lowest BCUT2D eigenvalue weighted by Crippen LogP contribution is -2.52. The van der Waals surface area contributed by atoms with E-state index in [0.717, 1.165) is 16.7 Å². The van der Waals surface area contributed by atoms with Gasteiger partial charge in [0.15, 0.2) is 0 Å². The number of carbonyl (C=O) groups excluding carboxylic acids is 3. The third kappa shape index (κ3) is 3.91. The summed E-state index contributed by atoms with van der Waals surface area (Å²) in [5, 5.41) is 2.77. The molecule has 28 heavy (non-hydrogen) atoms. The lowest BCUT2D eigenvalue weighted by atomic mass is 9.91. The van der Waals surface area contributed by atoms with Gasteiger partial charge in [-0.05, 0) is 41.8 Å². The maximum absolute atomic E-state index is 13.3. The lowest BCUT2D eigenvalue weighted by Gasteiger charge is -2.37. The van der Waals surface area contributed by atoms with Gasteiger partial charge in [0.05, 0.1) is 0 Å². The van der Waals surface area contributed by atoms with Gasteiger partial charge in [0.2, 0.25) is 11.8 Å². The van der Waals surface area contributed by atoms with Crippen molar-refractivity contribution in [3.05, 3.63) is 64.7 Å². The molecule has 0 unspecified atom stereocenters. The maximum atomic E-state index is 13.3. The van der Waals surface area contributed by atoms with Crippen LogP contribution in [0.2, 0.25) is 0 Å². The van der Waals surface area contributed by atoms with Crippen LogP contribution in [-0.4, -0.2) is 47.7 Å². The van der Waals surface area contributed by atoms with Crippen molar-refractivity contribution in [3.8, 4) is 0 Å². The molecule has 0 fully saturated rings. The van der Waals surface area contributed by atoms with Crippen molar-refractivity contribution in [2.75, 3.05) is 19.4 Å². The van der Waals surface area contributed by atoms with Crippen LogP contribution in [0.1, 0.15) is 34.0 Å². The minimum atomic E-state index is -0.554. The quantitative estimate of drug-likeness (QED) is 0.891. The van der Waals surface area contributed by atoms with E-state index in [-0.39, 0.29) is 17.7 Å². The van der Waals surface area contributed by atoms with E-state index in [2.05, 4.69) is 5.32 Å². The Morgan fingerprint density at radius 3 is 2.43 bits per heavy atom. The van der Waals surface area contributed by atoms with E-state index in [4.69, 9.17) is 0 Å². The van der Waals surface area contributed by atoms with Gasteiger partial charge >= 0.3 is 0 Å². The van der Waals surface area contributed by atoms with E-state index in [1.54, 1.807) is 25.1 Å². The first kappa shape index (κ1) is 19.6. The van der Waals surface area contributed by atoms with Crippen molar-refractivity contribution in [2.45, 2.75) is 32.9 Å². The van der Waals surface area contributed by atoms with Crippen LogP contribution in [0.25, 0.3) is 0 Å². The Kier molecular flexibility index (Phi) is 5.49. The fourth-order valence-electron chi connectivity index (χ4n) is 3.57. The molecule has 0 saturated carbocycles. The molecule has 0 radical (unpaired) electrons. The summed E-state index contributed by atoms with van der Waals surface area (Å²) < 4.78 is 0. The van der Waals surface area contributed by atoms with Crippen molar-refractivity contribution < 1.29 is 14.4 Å². The molecule has 0 aliphatic carbocycles. The first-order valence-corrected chi connectivity index (χ1v) is 9.25. The molecule has 0 spiro atoms. The Balaban J connectivity index is 2.00. The molecule has 1 aliphatic heterocycles. The molecule has 6 nitrogen and oxygen atoms in total. The molecular weight excluding hydrogens is 354 g/mol. The van der Waals surface area contributed by atoms with Crippen LogP contribution in [-0.2, 0) is 22.6 Å². The Morgan fingerprint density at radius 1 is 1.07 bits per heavy atom. The molecule has 1 aliphatic rings. The second-order valence-electron chi connectivity index (χ2n) is 7.37. The predicted octanol–water partition coefficient (Wildman–Crippen LogP) is 2.61. The predicted molar refractivity (Wildman–Crippen MR) is 108 cm³/mol. The summed E-state index contributed by atoms with van der Waals surface area (Å²) in [5.41, 5.74) is 4.12. The van der Waals surface area contributed by atoms with Gasteiger partial charge < -0.3 is 15.1 Å². The molecule has 1 atom stereocenters. The number of likely N-dealkylation sites (N-methyl/N-ethyl adjacent to an activating group) is 1. The number of rotatable bonds is 3. The number of anilines is 1. The highest BCUT2D eigenvalue weighted by Gasteiger charge is 2.36. The number of aryl methyl sites for hydroxylation is 1. The third-order valence-corrected chi connectivity index (χ3v) is 5.02. The number of nitrogens with zero attached hydrogens (tertiary/aromatic N) is 2. The van der Waals surface area contributed by atoms with Gasteiger partial charge in [-0.15, -0.1) is 0 Å². The van der Waals surface area contributed by atoms with Crippen LogP contribution in [0.15, 0.2) is 42.5 Å². The van der Waals surface area contributed by atoms with Crippen molar-refractivity contribution in [1.29, 1.82) is 0 Å². The summed E-state index contributed by atoms with van der Waals surface area (Å²) >= 11 is 0. The number of fused-ring (bicyclic) bond motifs is 1.